The van der Waals surface area contributed by atoms with Crippen molar-refractivity contribution in [2.75, 3.05) is 0 Å². The molecule has 0 fully saturated rings. The van der Waals surface area contributed by atoms with E-state index in [-0.39, 0.29) is 16.9 Å². The van der Waals surface area contributed by atoms with Gasteiger partial charge in [-0.25, -0.2) is 14.2 Å². The number of aromatic carboxylic acids is 1. The molecule has 4 aromatic rings. The molecule has 0 aliphatic rings. The van der Waals surface area contributed by atoms with Gasteiger partial charge in [-0.2, -0.15) is 18.3 Å². The van der Waals surface area contributed by atoms with Crippen molar-refractivity contribution < 1.29 is 23.1 Å². The van der Waals surface area contributed by atoms with E-state index in [2.05, 4.69) is 15.4 Å². The lowest BCUT2D eigenvalue weighted by atomic mass is 10.1. The first-order valence-electron chi connectivity index (χ1n) is 8.73. The summed E-state index contributed by atoms with van der Waals surface area (Å²) in [4.78, 5) is 11.1. The van der Waals surface area contributed by atoms with E-state index in [9.17, 15) is 18.0 Å². The summed E-state index contributed by atoms with van der Waals surface area (Å²) >= 11 is 0. The molecule has 10 heteroatoms. The average molecular weight is 413 g/mol. The molecule has 152 valence electrons. The first kappa shape index (κ1) is 19.4. The quantitative estimate of drug-likeness (QED) is 0.543. The summed E-state index contributed by atoms with van der Waals surface area (Å²) in [6.45, 7) is 1.50. The fraction of sp³-hybridized carbons (Fsp3) is 0.100. The van der Waals surface area contributed by atoms with Crippen LogP contribution in [0.15, 0.2) is 60.8 Å². The Morgan fingerprint density at radius 3 is 2.43 bits per heavy atom. The van der Waals surface area contributed by atoms with Crippen molar-refractivity contribution >= 4 is 5.97 Å². The molecule has 0 unspecified atom stereocenters. The van der Waals surface area contributed by atoms with Gasteiger partial charge in [-0.1, -0.05) is 23.4 Å². The van der Waals surface area contributed by atoms with E-state index in [0.29, 0.717) is 16.9 Å². The van der Waals surface area contributed by atoms with Crippen LogP contribution in [0, 0.1) is 6.92 Å². The highest BCUT2D eigenvalue weighted by molar-refractivity contribution is 5.88. The molecular weight excluding hydrogens is 399 g/mol. The van der Waals surface area contributed by atoms with Crippen LogP contribution >= 0.6 is 0 Å². The summed E-state index contributed by atoms with van der Waals surface area (Å²) in [5.41, 5.74) is 1.43. The fourth-order valence-electron chi connectivity index (χ4n) is 2.98. The number of alkyl halides is 3. The van der Waals surface area contributed by atoms with Crippen LogP contribution in [-0.4, -0.2) is 35.9 Å². The number of carboxylic acid groups (broad SMARTS) is 1. The molecule has 4 rings (SSSR count). The van der Waals surface area contributed by atoms with Gasteiger partial charge >= 0.3 is 12.1 Å². The minimum absolute atomic E-state index is 0.115. The Morgan fingerprint density at radius 1 is 1.03 bits per heavy atom. The van der Waals surface area contributed by atoms with Gasteiger partial charge in [-0.05, 0) is 43.3 Å². The fourth-order valence-corrected chi connectivity index (χ4v) is 2.98. The van der Waals surface area contributed by atoms with Gasteiger partial charge in [0, 0.05) is 5.56 Å². The predicted molar refractivity (Wildman–Crippen MR) is 101 cm³/mol. The van der Waals surface area contributed by atoms with Crippen molar-refractivity contribution in [2.24, 2.45) is 0 Å². The van der Waals surface area contributed by atoms with E-state index in [1.165, 1.54) is 35.9 Å². The Morgan fingerprint density at radius 2 is 1.77 bits per heavy atom. The molecule has 7 nitrogen and oxygen atoms in total. The number of aromatic nitrogens is 5. The van der Waals surface area contributed by atoms with Crippen LogP contribution in [0.3, 0.4) is 0 Å². The van der Waals surface area contributed by atoms with Crippen LogP contribution in [0.1, 0.15) is 21.7 Å². The molecule has 0 aliphatic heterocycles. The Bertz CT molecular complexity index is 1230. The molecule has 0 spiro atoms. The van der Waals surface area contributed by atoms with Crippen molar-refractivity contribution in [3.63, 3.8) is 0 Å². The third kappa shape index (κ3) is 3.66. The second-order valence-corrected chi connectivity index (χ2v) is 6.53. The predicted octanol–water partition coefficient (Wildman–Crippen LogP) is 4.15. The molecule has 30 heavy (non-hydrogen) atoms. The molecular formula is C20H14F3N5O2. The molecule has 0 radical (unpaired) electrons. The zero-order valence-electron chi connectivity index (χ0n) is 15.5. The molecule has 0 saturated carbocycles. The lowest BCUT2D eigenvalue weighted by Gasteiger charge is -2.10. The van der Waals surface area contributed by atoms with Gasteiger partial charge in [0.05, 0.1) is 28.8 Å². The Labute approximate surface area is 168 Å². The zero-order valence-corrected chi connectivity index (χ0v) is 15.5. The maximum Gasteiger partial charge on any atom is 0.433 e. The van der Waals surface area contributed by atoms with Crippen LogP contribution in [0.25, 0.3) is 22.6 Å². The van der Waals surface area contributed by atoms with E-state index < -0.39 is 17.8 Å². The molecule has 0 saturated heterocycles. The van der Waals surface area contributed by atoms with Gasteiger partial charge < -0.3 is 5.11 Å². The number of carboxylic acids is 1. The van der Waals surface area contributed by atoms with Crippen molar-refractivity contribution in [3.8, 4) is 22.6 Å². The lowest BCUT2D eigenvalue weighted by Crippen LogP contribution is -2.13. The number of carbonyl (C=O) groups is 1. The van der Waals surface area contributed by atoms with Crippen molar-refractivity contribution in [1.82, 2.24) is 24.8 Å². The number of halogens is 3. The molecule has 2 aromatic carbocycles. The van der Waals surface area contributed by atoms with E-state index >= 15 is 0 Å². The molecule has 0 atom stereocenters. The van der Waals surface area contributed by atoms with Gasteiger partial charge in [0.2, 0.25) is 0 Å². The number of hydrogen-bond donors (Lipinski definition) is 1. The molecule has 0 aliphatic carbocycles. The van der Waals surface area contributed by atoms with E-state index in [0.717, 1.165) is 10.7 Å². The number of hydrogen-bond acceptors (Lipinski definition) is 4. The third-order valence-electron chi connectivity index (χ3n) is 4.38. The SMILES string of the molecule is Cc1cc(C(F)(F)F)n(-c2ccc(-c3cn(-c4cccc(C(=O)O)c4)nn3)cc2)n1. The maximum atomic E-state index is 13.2. The average Bonchev–Trinajstić information content (AvgIpc) is 3.35. The molecule has 0 bridgehead atoms. The van der Waals surface area contributed by atoms with Crippen molar-refractivity contribution in [2.45, 2.75) is 13.1 Å². The van der Waals surface area contributed by atoms with E-state index in [1.807, 2.05) is 0 Å². The minimum atomic E-state index is -4.52. The van der Waals surface area contributed by atoms with Crippen molar-refractivity contribution in [3.05, 3.63) is 77.7 Å². The monoisotopic (exact) mass is 413 g/mol. The topological polar surface area (TPSA) is 85.8 Å². The molecule has 2 aromatic heterocycles. The second kappa shape index (κ2) is 7.14. The highest BCUT2D eigenvalue weighted by Crippen LogP contribution is 2.32. The smallest absolute Gasteiger partial charge is 0.433 e. The summed E-state index contributed by atoms with van der Waals surface area (Å²) in [5, 5.41) is 21.1. The molecule has 1 N–H and O–H groups in total. The first-order chi connectivity index (χ1) is 14.2. The van der Waals surface area contributed by atoms with E-state index in [4.69, 9.17) is 5.11 Å². The number of benzene rings is 2. The van der Waals surface area contributed by atoms with Crippen LogP contribution in [0.5, 0.6) is 0 Å². The minimum Gasteiger partial charge on any atom is -0.478 e. The van der Waals surface area contributed by atoms with Gasteiger partial charge in [0.25, 0.3) is 0 Å². The highest BCUT2D eigenvalue weighted by Gasteiger charge is 2.35. The summed E-state index contributed by atoms with van der Waals surface area (Å²) < 4.78 is 41.9. The maximum absolute atomic E-state index is 13.2. The van der Waals surface area contributed by atoms with Crippen LogP contribution < -0.4 is 0 Å². The number of aryl methyl sites for hydroxylation is 1. The van der Waals surface area contributed by atoms with E-state index in [1.54, 1.807) is 30.5 Å². The number of nitrogens with zero attached hydrogens (tertiary/aromatic N) is 5. The first-order valence-corrected chi connectivity index (χ1v) is 8.73. The summed E-state index contributed by atoms with van der Waals surface area (Å²) in [5.74, 6) is -1.06. The summed E-state index contributed by atoms with van der Waals surface area (Å²) in [7, 11) is 0. The molecule has 2 heterocycles. The zero-order chi connectivity index (χ0) is 21.5. The largest absolute Gasteiger partial charge is 0.478 e. The lowest BCUT2D eigenvalue weighted by molar-refractivity contribution is -0.142. The van der Waals surface area contributed by atoms with Gasteiger partial charge in [0.1, 0.15) is 11.4 Å². The highest BCUT2D eigenvalue weighted by atomic mass is 19.4. The van der Waals surface area contributed by atoms with Gasteiger partial charge in [-0.3, -0.25) is 0 Å². The summed E-state index contributed by atoms with van der Waals surface area (Å²) in [6.07, 6.45) is -2.91. The van der Waals surface area contributed by atoms with Crippen LogP contribution in [-0.2, 0) is 6.18 Å². The van der Waals surface area contributed by atoms with Gasteiger partial charge in [-0.15, -0.1) is 5.10 Å². The Kier molecular flexibility index (Phi) is 4.61. The second-order valence-electron chi connectivity index (χ2n) is 6.53. The van der Waals surface area contributed by atoms with Crippen LogP contribution in [0.2, 0.25) is 0 Å². The standard InChI is InChI=1S/C20H14F3N5O2/c1-12-9-18(20(21,22)23)28(25-12)15-7-5-13(6-8-15)17-11-27(26-24-17)16-4-2-3-14(10-16)19(29)30/h2-11H,1H3,(H,29,30). The Balaban J connectivity index is 1.64. The normalized spacial score (nSPS) is 11.6. The number of rotatable bonds is 4. The molecule has 0 amide bonds. The van der Waals surface area contributed by atoms with Crippen LogP contribution in [0.4, 0.5) is 13.2 Å². The van der Waals surface area contributed by atoms with Gasteiger partial charge in [0.15, 0.2) is 0 Å². The third-order valence-corrected chi connectivity index (χ3v) is 4.38. The summed E-state index contributed by atoms with van der Waals surface area (Å²) in [6, 6.07) is 13.5. The Hall–Kier alpha value is -3.95. The van der Waals surface area contributed by atoms with Crippen molar-refractivity contribution in [1.29, 1.82) is 0 Å².